The van der Waals surface area contributed by atoms with Crippen molar-refractivity contribution in [3.63, 3.8) is 0 Å². The quantitative estimate of drug-likeness (QED) is 0.184. The number of nitrogens with zero attached hydrogens (tertiary/aromatic N) is 4. The Hall–Kier alpha value is -3.61. The Balaban J connectivity index is 1.76. The van der Waals surface area contributed by atoms with E-state index in [1.165, 1.54) is 36.0 Å². The Morgan fingerprint density at radius 2 is 1.67 bits per heavy atom. The number of sulfonamides is 1. The van der Waals surface area contributed by atoms with Gasteiger partial charge in [-0.2, -0.15) is 0 Å². The molecule has 0 fully saturated rings. The van der Waals surface area contributed by atoms with Crippen molar-refractivity contribution < 1.29 is 17.7 Å². The van der Waals surface area contributed by atoms with Crippen molar-refractivity contribution in [3.05, 3.63) is 112 Å². The molecule has 186 valence electrons. The smallest absolute Gasteiger partial charge is 0.269 e. The van der Waals surface area contributed by atoms with Crippen molar-refractivity contribution >= 4 is 27.5 Å². The minimum Gasteiger partial charge on any atom is -0.273 e. The molecule has 1 unspecified atom stereocenters. The largest absolute Gasteiger partial charge is 0.273 e. The Labute approximate surface area is 211 Å². The topological polar surface area (TPSA) is 120 Å². The summed E-state index contributed by atoms with van der Waals surface area (Å²) in [5.74, 6) is 0.448. The molecule has 0 aliphatic heterocycles. The fourth-order valence-corrected chi connectivity index (χ4v) is 5.21. The summed E-state index contributed by atoms with van der Waals surface area (Å²) in [4.78, 5) is 10.7. The van der Waals surface area contributed by atoms with Crippen LogP contribution in [0.4, 0.5) is 10.1 Å². The minimum atomic E-state index is -3.62. The van der Waals surface area contributed by atoms with Crippen molar-refractivity contribution in [3.8, 4) is 5.69 Å². The second-order valence-electron chi connectivity index (χ2n) is 8.00. The van der Waals surface area contributed by atoms with Gasteiger partial charge in [-0.15, -0.1) is 10.2 Å². The normalized spacial score (nSPS) is 12.4. The fourth-order valence-electron chi connectivity index (χ4n) is 3.59. The third-order valence-electron chi connectivity index (χ3n) is 5.21. The lowest BCUT2D eigenvalue weighted by molar-refractivity contribution is -0.384. The van der Waals surface area contributed by atoms with E-state index in [1.807, 2.05) is 30.3 Å². The van der Waals surface area contributed by atoms with Crippen molar-refractivity contribution in [2.24, 2.45) is 0 Å². The first-order chi connectivity index (χ1) is 17.2. The van der Waals surface area contributed by atoms with Gasteiger partial charge in [0.05, 0.1) is 17.2 Å². The van der Waals surface area contributed by atoms with Gasteiger partial charge < -0.3 is 0 Å². The van der Waals surface area contributed by atoms with Crippen LogP contribution in [0.15, 0.2) is 84.0 Å². The summed E-state index contributed by atoms with van der Waals surface area (Å²) >= 11 is 1.33. The van der Waals surface area contributed by atoms with Crippen LogP contribution in [0.5, 0.6) is 0 Å². The lowest BCUT2D eigenvalue weighted by Crippen LogP contribution is -2.31. The van der Waals surface area contributed by atoms with Crippen LogP contribution in [-0.4, -0.2) is 34.4 Å². The molecule has 0 bridgehead atoms. The van der Waals surface area contributed by atoms with Gasteiger partial charge in [-0.1, -0.05) is 54.2 Å². The van der Waals surface area contributed by atoms with E-state index in [-0.39, 0.29) is 11.5 Å². The van der Waals surface area contributed by atoms with Crippen molar-refractivity contribution in [2.75, 3.05) is 6.26 Å². The van der Waals surface area contributed by atoms with E-state index < -0.39 is 21.0 Å². The molecule has 1 aromatic heterocycles. The van der Waals surface area contributed by atoms with E-state index in [4.69, 9.17) is 0 Å². The van der Waals surface area contributed by atoms with Crippen LogP contribution < -0.4 is 4.72 Å². The third kappa shape index (κ3) is 6.53. The molecular weight excluding hydrogens is 505 g/mol. The van der Waals surface area contributed by atoms with Gasteiger partial charge in [0.2, 0.25) is 10.0 Å². The SMILES string of the molecule is CS(=O)(=O)NC(Cc1ccccc1)c1nnc(SCc2ccc(F)cc2)n1-c1ccc([N+](=O)[O-])cc1. The number of nitro groups is 1. The number of nitrogens with one attached hydrogen (secondary N) is 1. The minimum absolute atomic E-state index is 0.0796. The molecule has 4 rings (SSSR count). The molecule has 3 aromatic carbocycles. The summed E-state index contributed by atoms with van der Waals surface area (Å²) in [7, 11) is -3.62. The van der Waals surface area contributed by atoms with Crippen molar-refractivity contribution in [1.29, 1.82) is 0 Å². The van der Waals surface area contributed by atoms with Gasteiger partial charge in [0, 0.05) is 23.6 Å². The van der Waals surface area contributed by atoms with Gasteiger partial charge in [0.15, 0.2) is 11.0 Å². The van der Waals surface area contributed by atoms with Crippen LogP contribution in [0, 0.1) is 15.9 Å². The number of nitro benzene ring substituents is 1. The number of non-ortho nitro benzene ring substituents is 1. The average molecular weight is 528 g/mol. The number of halogens is 1. The van der Waals surface area contributed by atoms with Crippen molar-refractivity contribution in [2.45, 2.75) is 23.4 Å². The summed E-state index contributed by atoms with van der Waals surface area (Å²) in [6.07, 6.45) is 1.38. The first kappa shape index (κ1) is 25.5. The van der Waals surface area contributed by atoms with E-state index in [2.05, 4.69) is 14.9 Å². The third-order valence-corrected chi connectivity index (χ3v) is 6.92. The summed E-state index contributed by atoms with van der Waals surface area (Å²) in [6.45, 7) is 0. The molecule has 0 saturated heterocycles. The highest BCUT2D eigenvalue weighted by atomic mass is 32.2. The molecule has 9 nitrogen and oxygen atoms in total. The van der Waals surface area contributed by atoms with E-state index in [0.29, 0.717) is 28.8 Å². The Morgan fingerprint density at radius 1 is 1.00 bits per heavy atom. The zero-order valence-electron chi connectivity index (χ0n) is 19.1. The van der Waals surface area contributed by atoms with Gasteiger partial charge in [-0.25, -0.2) is 17.5 Å². The van der Waals surface area contributed by atoms with Gasteiger partial charge in [-0.3, -0.25) is 14.7 Å². The summed E-state index contributed by atoms with van der Waals surface area (Å²) in [5, 5.41) is 20.2. The number of hydrogen-bond acceptors (Lipinski definition) is 7. The van der Waals surface area contributed by atoms with Gasteiger partial charge in [0.1, 0.15) is 5.82 Å². The molecule has 1 atom stereocenters. The number of thioether (sulfide) groups is 1. The summed E-state index contributed by atoms with van der Waals surface area (Å²) in [5.41, 5.74) is 2.20. The molecule has 12 heteroatoms. The van der Waals surface area contributed by atoms with Crippen LogP contribution >= 0.6 is 11.8 Å². The number of hydrogen-bond donors (Lipinski definition) is 1. The predicted octanol–water partition coefficient (Wildman–Crippen LogP) is 4.44. The van der Waals surface area contributed by atoms with Gasteiger partial charge in [-0.05, 0) is 41.8 Å². The Bertz CT molecular complexity index is 1440. The maximum absolute atomic E-state index is 13.3. The highest BCUT2D eigenvalue weighted by Crippen LogP contribution is 2.30. The molecule has 36 heavy (non-hydrogen) atoms. The lowest BCUT2D eigenvalue weighted by atomic mass is 10.1. The second-order valence-corrected chi connectivity index (χ2v) is 10.7. The van der Waals surface area contributed by atoms with E-state index in [9.17, 15) is 22.9 Å². The molecule has 0 aliphatic rings. The predicted molar refractivity (Wildman–Crippen MR) is 135 cm³/mol. The summed E-state index contributed by atoms with van der Waals surface area (Å²) in [6, 6.07) is 20.5. The number of rotatable bonds is 10. The van der Waals surface area contributed by atoms with E-state index >= 15 is 0 Å². The fraction of sp³-hybridized carbons (Fsp3) is 0.167. The van der Waals surface area contributed by atoms with E-state index in [1.54, 1.807) is 28.8 Å². The Kier molecular flexibility index (Phi) is 7.77. The molecule has 0 radical (unpaired) electrons. The maximum atomic E-state index is 13.3. The monoisotopic (exact) mass is 527 g/mol. The number of aromatic nitrogens is 3. The lowest BCUT2D eigenvalue weighted by Gasteiger charge is -2.19. The Morgan fingerprint density at radius 3 is 2.28 bits per heavy atom. The van der Waals surface area contributed by atoms with E-state index in [0.717, 1.165) is 17.4 Å². The molecule has 0 saturated carbocycles. The van der Waals surface area contributed by atoms with Crippen molar-refractivity contribution in [1.82, 2.24) is 19.5 Å². The number of benzene rings is 3. The standard InChI is InChI=1S/C24H22FN5O4S2/c1-36(33,34)28-22(15-17-5-3-2-4-6-17)23-26-27-24(35-16-18-7-9-19(25)10-8-18)29(23)20-11-13-21(14-12-20)30(31)32/h2-14,22,28H,15-16H2,1H3. The van der Waals surface area contributed by atoms with Gasteiger partial charge >= 0.3 is 0 Å². The highest BCUT2D eigenvalue weighted by molar-refractivity contribution is 7.98. The molecule has 1 heterocycles. The van der Waals surface area contributed by atoms with Crippen LogP contribution in [0.3, 0.4) is 0 Å². The van der Waals surface area contributed by atoms with Crippen LogP contribution in [0.2, 0.25) is 0 Å². The first-order valence-electron chi connectivity index (χ1n) is 10.8. The summed E-state index contributed by atoms with van der Waals surface area (Å²) < 4.78 is 42.1. The zero-order chi connectivity index (χ0) is 25.7. The molecule has 0 spiro atoms. The van der Waals surface area contributed by atoms with Gasteiger partial charge in [0.25, 0.3) is 5.69 Å². The van der Waals surface area contributed by atoms with Crippen LogP contribution in [0.25, 0.3) is 5.69 Å². The highest BCUT2D eigenvalue weighted by Gasteiger charge is 2.26. The van der Waals surface area contributed by atoms with Crippen LogP contribution in [-0.2, 0) is 22.2 Å². The second kappa shape index (κ2) is 11.0. The van der Waals surface area contributed by atoms with Crippen LogP contribution in [0.1, 0.15) is 23.0 Å². The average Bonchev–Trinajstić information content (AvgIpc) is 3.27. The molecule has 4 aromatic rings. The molecule has 1 N–H and O–H groups in total. The maximum Gasteiger partial charge on any atom is 0.269 e. The molecular formula is C24H22FN5O4S2. The molecule has 0 aliphatic carbocycles. The first-order valence-corrected chi connectivity index (χ1v) is 13.7. The molecule has 0 amide bonds. The zero-order valence-corrected chi connectivity index (χ0v) is 20.7.